The van der Waals surface area contributed by atoms with Crippen LogP contribution in [0.2, 0.25) is 0 Å². The Kier molecular flexibility index (Phi) is 2.26. The summed E-state index contributed by atoms with van der Waals surface area (Å²) >= 11 is 9.16. The van der Waals surface area contributed by atoms with Gasteiger partial charge in [-0.25, -0.2) is 0 Å². The number of carbonyl (C=O) groups is 1. The van der Waals surface area contributed by atoms with Crippen LogP contribution in [-0.2, 0) is 4.79 Å². The Morgan fingerprint density at radius 1 is 1.54 bits per heavy atom. The summed E-state index contributed by atoms with van der Waals surface area (Å²) in [4.78, 5) is 15.5. The third-order valence-electron chi connectivity index (χ3n) is 2.00. The van der Waals surface area contributed by atoms with Crippen LogP contribution in [0, 0.1) is 5.92 Å². The number of allylic oxidation sites excluding steroid dienone is 2. The lowest BCUT2D eigenvalue weighted by Crippen LogP contribution is -2.40. The van der Waals surface area contributed by atoms with Crippen LogP contribution in [0.1, 0.15) is 0 Å². The highest BCUT2D eigenvalue weighted by atomic mass is 79.9. The molecule has 0 saturated heterocycles. The Labute approximate surface area is 88.7 Å². The Balaban J connectivity index is 2.38. The van der Waals surface area contributed by atoms with Gasteiger partial charge in [-0.05, 0) is 28.1 Å². The Hall–Kier alpha value is -0.610. The Morgan fingerprint density at radius 3 is 3.08 bits per heavy atom. The van der Waals surface area contributed by atoms with E-state index in [1.165, 1.54) is 6.34 Å². The van der Waals surface area contributed by atoms with Crippen molar-refractivity contribution < 1.29 is 4.79 Å². The van der Waals surface area contributed by atoms with Crippen molar-refractivity contribution in [3.8, 4) is 0 Å². The summed E-state index contributed by atoms with van der Waals surface area (Å²) < 4.78 is 0.794. The van der Waals surface area contributed by atoms with Crippen LogP contribution in [0.25, 0.3) is 0 Å². The molecule has 1 amide bonds. The molecule has 1 aliphatic heterocycles. The van der Waals surface area contributed by atoms with E-state index in [0.717, 1.165) is 4.48 Å². The van der Waals surface area contributed by atoms with Crippen molar-refractivity contribution in [2.75, 3.05) is 0 Å². The zero-order chi connectivity index (χ0) is 9.42. The lowest BCUT2D eigenvalue weighted by Gasteiger charge is -2.24. The third kappa shape index (κ3) is 1.56. The van der Waals surface area contributed by atoms with Crippen molar-refractivity contribution in [2.24, 2.45) is 10.9 Å². The maximum Gasteiger partial charge on any atom is 0.234 e. The molecule has 0 unspecified atom stereocenters. The number of hydrogen-bond acceptors (Lipinski definition) is 2. The van der Waals surface area contributed by atoms with Crippen molar-refractivity contribution in [1.82, 2.24) is 5.32 Å². The fourth-order valence-electron chi connectivity index (χ4n) is 1.32. The summed E-state index contributed by atoms with van der Waals surface area (Å²) in [7, 11) is 0. The van der Waals surface area contributed by atoms with E-state index in [-0.39, 0.29) is 17.9 Å². The topological polar surface area (TPSA) is 41.5 Å². The van der Waals surface area contributed by atoms with Gasteiger partial charge < -0.3 is 5.32 Å². The molecular weight excluding hydrogens is 255 g/mol. The molecule has 68 valence electrons. The van der Waals surface area contributed by atoms with Crippen molar-refractivity contribution in [2.45, 2.75) is 6.04 Å². The first-order valence-electron chi connectivity index (χ1n) is 3.75. The van der Waals surface area contributed by atoms with Gasteiger partial charge in [-0.15, -0.1) is 0 Å². The molecule has 0 spiro atoms. The van der Waals surface area contributed by atoms with E-state index in [1.807, 2.05) is 6.08 Å². The number of halogens is 2. The van der Waals surface area contributed by atoms with Crippen molar-refractivity contribution >= 4 is 39.8 Å². The van der Waals surface area contributed by atoms with Crippen LogP contribution in [0.15, 0.2) is 26.7 Å². The smallest absolute Gasteiger partial charge is 0.234 e. The minimum atomic E-state index is -0.265. The Morgan fingerprint density at radius 2 is 2.31 bits per heavy atom. The summed E-state index contributed by atoms with van der Waals surface area (Å²) in [6.07, 6.45) is 4.97. The van der Waals surface area contributed by atoms with Gasteiger partial charge in [-0.3, -0.25) is 9.79 Å². The van der Waals surface area contributed by atoms with Crippen molar-refractivity contribution in [1.29, 1.82) is 0 Å². The van der Waals surface area contributed by atoms with Gasteiger partial charge in [0.25, 0.3) is 0 Å². The van der Waals surface area contributed by atoms with E-state index < -0.39 is 0 Å². The zero-order valence-corrected chi connectivity index (χ0v) is 8.84. The molecule has 2 aliphatic rings. The molecule has 5 heteroatoms. The maximum absolute atomic E-state index is 11.3. The lowest BCUT2D eigenvalue weighted by molar-refractivity contribution is -0.122. The van der Waals surface area contributed by atoms with Gasteiger partial charge in [0, 0.05) is 4.48 Å². The molecule has 1 aliphatic carbocycles. The van der Waals surface area contributed by atoms with Gasteiger partial charge in [0.2, 0.25) is 5.91 Å². The molecule has 0 saturated carbocycles. The summed E-state index contributed by atoms with van der Waals surface area (Å²) in [5.41, 5.74) is 0. The van der Waals surface area contributed by atoms with Gasteiger partial charge in [0.15, 0.2) is 0 Å². The minimum absolute atomic E-state index is 0.0607. The van der Waals surface area contributed by atoms with E-state index >= 15 is 0 Å². The predicted octanol–water partition coefficient (Wildman–Crippen LogP) is 1.54. The van der Waals surface area contributed by atoms with Gasteiger partial charge in [0.1, 0.15) is 0 Å². The lowest BCUT2D eigenvalue weighted by atomic mass is 9.94. The van der Waals surface area contributed by atoms with Crippen LogP contribution >= 0.6 is 27.5 Å². The number of amides is 1. The highest BCUT2D eigenvalue weighted by Gasteiger charge is 2.30. The molecule has 0 aromatic heterocycles. The van der Waals surface area contributed by atoms with E-state index in [2.05, 4.69) is 26.2 Å². The van der Waals surface area contributed by atoms with Crippen LogP contribution in [0.3, 0.4) is 0 Å². The highest BCUT2D eigenvalue weighted by molar-refractivity contribution is 9.12. The molecule has 2 atom stereocenters. The molecule has 1 heterocycles. The second-order valence-electron chi connectivity index (χ2n) is 2.83. The summed E-state index contributed by atoms with van der Waals surface area (Å²) in [6.45, 7) is 0. The SMILES string of the molecule is O=C1NC=N[C@@H]2C=C(Br)C(Cl)=C[C@H]12. The average Bonchev–Trinajstić information content (AvgIpc) is 2.09. The Bertz CT molecular complexity index is 348. The number of rotatable bonds is 0. The van der Waals surface area contributed by atoms with Gasteiger partial charge >= 0.3 is 0 Å². The monoisotopic (exact) mass is 260 g/mol. The first-order chi connectivity index (χ1) is 6.18. The molecular formula is C8H6BrClN2O. The van der Waals surface area contributed by atoms with Gasteiger partial charge in [0.05, 0.1) is 23.3 Å². The van der Waals surface area contributed by atoms with Crippen LogP contribution in [-0.4, -0.2) is 18.3 Å². The summed E-state index contributed by atoms with van der Waals surface area (Å²) in [5.74, 6) is -0.326. The number of fused-ring (bicyclic) bond motifs is 1. The molecule has 3 nitrogen and oxygen atoms in total. The molecule has 0 bridgehead atoms. The fourth-order valence-corrected chi connectivity index (χ4v) is 1.92. The highest BCUT2D eigenvalue weighted by Crippen LogP contribution is 2.32. The van der Waals surface area contributed by atoms with Gasteiger partial charge in [-0.2, -0.15) is 0 Å². The second kappa shape index (κ2) is 3.27. The minimum Gasteiger partial charge on any atom is -0.317 e. The van der Waals surface area contributed by atoms with Crippen LogP contribution in [0.4, 0.5) is 0 Å². The second-order valence-corrected chi connectivity index (χ2v) is 4.09. The number of nitrogens with one attached hydrogen (secondary N) is 1. The van der Waals surface area contributed by atoms with Crippen LogP contribution < -0.4 is 5.32 Å². The standard InChI is InChI=1S/C8H6BrClN2O/c9-5-2-7-4(1-6(5)10)8(13)12-3-11-7/h1-4,7H,(H,11,12,13)/t4-,7+/m0/s1. The number of nitrogens with zero attached hydrogens (tertiary/aromatic N) is 1. The molecule has 0 fully saturated rings. The summed E-state index contributed by atoms with van der Waals surface area (Å²) in [6, 6.07) is -0.120. The fraction of sp³-hybridized carbons (Fsp3) is 0.250. The predicted molar refractivity (Wildman–Crippen MR) is 54.9 cm³/mol. The van der Waals surface area contributed by atoms with E-state index in [9.17, 15) is 4.79 Å². The largest absolute Gasteiger partial charge is 0.317 e. The number of aliphatic imine (C=N–C) groups is 1. The number of carbonyl (C=O) groups excluding carboxylic acids is 1. The van der Waals surface area contributed by atoms with E-state index in [4.69, 9.17) is 11.6 Å². The third-order valence-corrected chi connectivity index (χ3v) is 3.24. The van der Waals surface area contributed by atoms with E-state index in [0.29, 0.717) is 5.03 Å². The maximum atomic E-state index is 11.3. The van der Waals surface area contributed by atoms with Crippen molar-refractivity contribution in [3.05, 3.63) is 21.7 Å². The van der Waals surface area contributed by atoms with E-state index in [1.54, 1.807) is 6.08 Å². The molecule has 2 rings (SSSR count). The van der Waals surface area contributed by atoms with Gasteiger partial charge in [-0.1, -0.05) is 11.6 Å². The quantitative estimate of drug-likeness (QED) is 0.706. The average molecular weight is 262 g/mol. The van der Waals surface area contributed by atoms with Crippen molar-refractivity contribution in [3.63, 3.8) is 0 Å². The molecule has 0 radical (unpaired) electrons. The molecule has 0 aromatic rings. The molecule has 13 heavy (non-hydrogen) atoms. The van der Waals surface area contributed by atoms with Crippen LogP contribution in [0.5, 0.6) is 0 Å². The first-order valence-corrected chi connectivity index (χ1v) is 4.92. The normalized spacial score (nSPS) is 31.7. The number of hydrogen-bond donors (Lipinski definition) is 1. The zero-order valence-electron chi connectivity index (χ0n) is 6.50. The molecule has 1 N–H and O–H groups in total. The summed E-state index contributed by atoms with van der Waals surface area (Å²) in [5, 5.41) is 3.10. The first kappa shape index (κ1) is 8.97. The molecule has 0 aromatic carbocycles.